The number of benzene rings is 3. The number of ketones is 2. The Bertz CT molecular complexity index is 1280. The first-order valence-corrected chi connectivity index (χ1v) is 9.21. The SMILES string of the molecule is N/C(=N/O)c1cccc(C(=O)c2ccc(N)c(N)c2C(=O)c2cccc(/C(N)=N\O)c2)c1. The van der Waals surface area contributed by atoms with Crippen LogP contribution in [0.3, 0.4) is 0 Å². The summed E-state index contributed by atoms with van der Waals surface area (Å²) in [4.78, 5) is 26.6. The molecule has 0 radical (unpaired) electrons. The largest absolute Gasteiger partial charge is 0.409 e. The number of nitrogens with two attached hydrogens (primary N) is 4. The van der Waals surface area contributed by atoms with Gasteiger partial charge in [0.1, 0.15) is 0 Å². The highest BCUT2D eigenvalue weighted by atomic mass is 16.4. The molecule has 0 aromatic heterocycles. The third-order valence-electron chi connectivity index (χ3n) is 4.81. The van der Waals surface area contributed by atoms with Crippen LogP contribution in [0.4, 0.5) is 11.4 Å². The van der Waals surface area contributed by atoms with E-state index >= 15 is 0 Å². The number of carbonyl (C=O) groups is 2. The fraction of sp³-hybridized carbons (Fsp3) is 0. The predicted molar refractivity (Wildman–Crippen MR) is 120 cm³/mol. The Morgan fingerprint density at radius 2 is 1.16 bits per heavy atom. The van der Waals surface area contributed by atoms with Crippen LogP contribution in [0, 0.1) is 0 Å². The second kappa shape index (κ2) is 8.88. The van der Waals surface area contributed by atoms with Gasteiger partial charge in [-0.15, -0.1) is 0 Å². The van der Waals surface area contributed by atoms with Crippen LogP contribution in [0.5, 0.6) is 0 Å². The molecule has 0 atom stereocenters. The van der Waals surface area contributed by atoms with Crippen molar-refractivity contribution in [3.05, 3.63) is 94.0 Å². The molecule has 0 fully saturated rings. The molecule has 0 saturated heterocycles. The Kier molecular flexibility index (Phi) is 6.06. The average molecular weight is 432 g/mol. The van der Waals surface area contributed by atoms with Crippen molar-refractivity contribution in [2.75, 3.05) is 11.5 Å². The van der Waals surface area contributed by atoms with Crippen molar-refractivity contribution in [3.8, 4) is 0 Å². The number of nitrogens with zero attached hydrogens (tertiary/aromatic N) is 2. The van der Waals surface area contributed by atoms with E-state index in [0.717, 1.165) is 0 Å². The maximum Gasteiger partial charge on any atom is 0.195 e. The number of rotatable bonds is 6. The fourth-order valence-corrected chi connectivity index (χ4v) is 3.12. The van der Waals surface area contributed by atoms with E-state index in [-0.39, 0.29) is 45.3 Å². The third kappa shape index (κ3) is 4.05. The van der Waals surface area contributed by atoms with Gasteiger partial charge in [0.25, 0.3) is 0 Å². The molecule has 10 heteroatoms. The topological polar surface area (TPSA) is 203 Å². The standard InChI is InChI=1S/C22H20N6O4/c23-16-8-7-15(19(29)11-3-1-5-13(9-11)21(25)27-31)17(18(16)24)20(30)12-4-2-6-14(10-12)22(26)28-32/h1-10,31-32H,23-24H2,(H2,25,27)(H2,26,28). The number of amidine groups is 2. The Morgan fingerprint density at radius 1 is 0.688 bits per heavy atom. The summed E-state index contributed by atoms with van der Waals surface area (Å²) in [5.41, 5.74) is 24.2. The van der Waals surface area contributed by atoms with Gasteiger partial charge < -0.3 is 33.3 Å². The van der Waals surface area contributed by atoms with E-state index in [4.69, 9.17) is 33.3 Å². The minimum Gasteiger partial charge on any atom is -0.409 e. The van der Waals surface area contributed by atoms with Gasteiger partial charge in [0.05, 0.1) is 16.9 Å². The van der Waals surface area contributed by atoms with Gasteiger partial charge in [0.15, 0.2) is 23.2 Å². The van der Waals surface area contributed by atoms with E-state index < -0.39 is 11.6 Å². The van der Waals surface area contributed by atoms with Crippen molar-refractivity contribution in [3.63, 3.8) is 0 Å². The van der Waals surface area contributed by atoms with Crippen LogP contribution >= 0.6 is 0 Å². The van der Waals surface area contributed by atoms with Crippen LogP contribution in [0.15, 0.2) is 71.0 Å². The molecule has 10 N–H and O–H groups in total. The molecule has 3 rings (SSSR count). The number of anilines is 2. The van der Waals surface area contributed by atoms with Crippen molar-refractivity contribution in [1.82, 2.24) is 0 Å². The van der Waals surface area contributed by atoms with Gasteiger partial charge in [-0.25, -0.2) is 0 Å². The van der Waals surface area contributed by atoms with Crippen LogP contribution < -0.4 is 22.9 Å². The molecule has 0 spiro atoms. The van der Waals surface area contributed by atoms with Crippen LogP contribution in [0.25, 0.3) is 0 Å². The maximum absolute atomic E-state index is 13.4. The number of oxime groups is 2. The first-order valence-electron chi connectivity index (χ1n) is 9.21. The monoisotopic (exact) mass is 432 g/mol. The summed E-state index contributed by atoms with van der Waals surface area (Å²) in [7, 11) is 0. The summed E-state index contributed by atoms with van der Waals surface area (Å²) in [6, 6.07) is 14.9. The minimum absolute atomic E-state index is 0.0209. The lowest BCUT2D eigenvalue weighted by Crippen LogP contribution is -2.18. The highest BCUT2D eigenvalue weighted by Gasteiger charge is 2.24. The smallest absolute Gasteiger partial charge is 0.195 e. The molecule has 0 amide bonds. The molecule has 3 aromatic rings. The molecule has 0 heterocycles. The van der Waals surface area contributed by atoms with Gasteiger partial charge in [-0.2, -0.15) is 0 Å². The summed E-state index contributed by atoms with van der Waals surface area (Å²) in [6.07, 6.45) is 0. The van der Waals surface area contributed by atoms with Crippen molar-refractivity contribution < 1.29 is 20.0 Å². The third-order valence-corrected chi connectivity index (χ3v) is 4.81. The zero-order valence-corrected chi connectivity index (χ0v) is 16.7. The quantitative estimate of drug-likeness (QED) is 0.0838. The Hall–Kier alpha value is -4.86. The van der Waals surface area contributed by atoms with E-state index in [0.29, 0.717) is 11.1 Å². The molecule has 0 aliphatic heterocycles. The zero-order chi connectivity index (χ0) is 23.4. The number of hydrogen-bond donors (Lipinski definition) is 6. The number of carbonyl (C=O) groups excluding carboxylic acids is 2. The van der Waals surface area contributed by atoms with E-state index in [1.165, 1.54) is 36.4 Å². The van der Waals surface area contributed by atoms with Gasteiger partial charge in [0.2, 0.25) is 0 Å². The van der Waals surface area contributed by atoms with E-state index in [1.807, 2.05) is 0 Å². The highest BCUT2D eigenvalue weighted by molar-refractivity contribution is 6.23. The van der Waals surface area contributed by atoms with Gasteiger partial charge in [-0.05, 0) is 24.3 Å². The molecular weight excluding hydrogens is 412 g/mol. The first-order chi connectivity index (χ1) is 15.3. The molecule has 0 bridgehead atoms. The van der Waals surface area contributed by atoms with Crippen molar-refractivity contribution in [2.45, 2.75) is 0 Å². The Balaban J connectivity index is 2.14. The van der Waals surface area contributed by atoms with Crippen molar-refractivity contribution >= 4 is 34.6 Å². The van der Waals surface area contributed by atoms with Crippen LogP contribution in [0.2, 0.25) is 0 Å². The lowest BCUT2D eigenvalue weighted by atomic mass is 9.90. The van der Waals surface area contributed by atoms with E-state index in [9.17, 15) is 9.59 Å². The Labute approximate surface area is 182 Å². The summed E-state index contributed by atoms with van der Waals surface area (Å²) in [6.45, 7) is 0. The molecule has 162 valence electrons. The van der Waals surface area contributed by atoms with Gasteiger partial charge in [-0.1, -0.05) is 46.7 Å². The molecule has 0 saturated carbocycles. The second-order valence-corrected chi connectivity index (χ2v) is 6.78. The average Bonchev–Trinajstić information content (AvgIpc) is 2.83. The normalized spacial score (nSPS) is 11.9. The van der Waals surface area contributed by atoms with Gasteiger partial charge in [0, 0.05) is 27.8 Å². The summed E-state index contributed by atoms with van der Waals surface area (Å²) >= 11 is 0. The van der Waals surface area contributed by atoms with E-state index in [2.05, 4.69) is 10.3 Å². The van der Waals surface area contributed by atoms with Crippen LogP contribution in [-0.2, 0) is 0 Å². The van der Waals surface area contributed by atoms with Gasteiger partial charge >= 0.3 is 0 Å². The molecule has 0 aliphatic rings. The lowest BCUT2D eigenvalue weighted by molar-refractivity contribution is 0.100. The summed E-state index contributed by atoms with van der Waals surface area (Å²) in [5.74, 6) is -1.44. The van der Waals surface area contributed by atoms with Gasteiger partial charge in [-0.3, -0.25) is 9.59 Å². The molecular formula is C22H20N6O4. The lowest BCUT2D eigenvalue weighted by Gasteiger charge is -2.14. The molecule has 10 nitrogen and oxygen atoms in total. The molecule has 32 heavy (non-hydrogen) atoms. The molecule has 3 aromatic carbocycles. The highest BCUT2D eigenvalue weighted by Crippen LogP contribution is 2.29. The maximum atomic E-state index is 13.4. The minimum atomic E-state index is -0.571. The van der Waals surface area contributed by atoms with E-state index in [1.54, 1.807) is 24.3 Å². The molecule has 0 aliphatic carbocycles. The van der Waals surface area contributed by atoms with Crippen molar-refractivity contribution in [2.24, 2.45) is 21.8 Å². The first kappa shape index (κ1) is 21.8. The van der Waals surface area contributed by atoms with Crippen LogP contribution in [0.1, 0.15) is 43.0 Å². The zero-order valence-electron chi connectivity index (χ0n) is 16.7. The Morgan fingerprint density at radius 3 is 1.66 bits per heavy atom. The predicted octanol–water partition coefficient (Wildman–Crippen LogP) is 1.50. The second-order valence-electron chi connectivity index (χ2n) is 6.78. The number of hydrogen-bond acceptors (Lipinski definition) is 8. The summed E-state index contributed by atoms with van der Waals surface area (Å²) < 4.78 is 0. The molecule has 0 unspecified atom stereocenters. The fourth-order valence-electron chi connectivity index (χ4n) is 3.12. The van der Waals surface area contributed by atoms with Crippen LogP contribution in [-0.4, -0.2) is 33.7 Å². The number of nitrogen functional groups attached to an aromatic ring is 2. The van der Waals surface area contributed by atoms with Crippen molar-refractivity contribution in [1.29, 1.82) is 0 Å². The summed E-state index contributed by atoms with van der Waals surface area (Å²) in [5, 5.41) is 23.6.